The normalized spacial score (nSPS) is 15.5. The van der Waals surface area contributed by atoms with E-state index in [2.05, 4.69) is 34.1 Å². The molecule has 0 bridgehead atoms. The van der Waals surface area contributed by atoms with Gasteiger partial charge in [0.25, 0.3) is 10.0 Å². The Bertz CT molecular complexity index is 1090. The summed E-state index contributed by atoms with van der Waals surface area (Å²) in [6.45, 7) is 2.11. The first-order chi connectivity index (χ1) is 13.0. The molecule has 6 heteroatoms. The highest BCUT2D eigenvalue weighted by molar-refractivity contribution is 7.90. The summed E-state index contributed by atoms with van der Waals surface area (Å²) in [5, 5.41) is 6.56. The molecule has 2 N–H and O–H groups in total. The van der Waals surface area contributed by atoms with Crippen LogP contribution in [0.5, 0.6) is 0 Å². The highest BCUT2D eigenvalue weighted by atomic mass is 32.2. The van der Waals surface area contributed by atoms with Crippen LogP contribution in [0.4, 0.5) is 11.4 Å². The number of hydrogen-bond acceptors (Lipinski definition) is 4. The summed E-state index contributed by atoms with van der Waals surface area (Å²) in [4.78, 5) is 0.238. The van der Waals surface area contributed by atoms with Crippen molar-refractivity contribution in [3.63, 3.8) is 0 Å². The van der Waals surface area contributed by atoms with Crippen LogP contribution in [0.3, 0.4) is 0 Å². The second-order valence-electron chi connectivity index (χ2n) is 6.39. The molecule has 0 aromatic heterocycles. The lowest BCUT2D eigenvalue weighted by molar-refractivity contribution is 0.599. The molecule has 0 amide bonds. The number of fused-ring (bicyclic) bond motifs is 1. The molecule has 0 saturated carbocycles. The molecule has 1 heterocycles. The van der Waals surface area contributed by atoms with Gasteiger partial charge in [0, 0.05) is 23.0 Å². The molecular formula is C21H19N3O2S. The van der Waals surface area contributed by atoms with E-state index < -0.39 is 10.0 Å². The van der Waals surface area contributed by atoms with Crippen molar-refractivity contribution < 1.29 is 8.42 Å². The molecule has 5 nitrogen and oxygen atoms in total. The predicted molar refractivity (Wildman–Crippen MR) is 109 cm³/mol. The van der Waals surface area contributed by atoms with Crippen LogP contribution in [-0.2, 0) is 10.0 Å². The average molecular weight is 377 g/mol. The molecule has 1 aliphatic rings. The van der Waals surface area contributed by atoms with Crippen molar-refractivity contribution in [3.05, 3.63) is 90.0 Å². The van der Waals surface area contributed by atoms with Gasteiger partial charge in [-0.15, -0.1) is 4.40 Å². The molecule has 0 saturated heterocycles. The zero-order valence-corrected chi connectivity index (χ0v) is 15.6. The van der Waals surface area contributed by atoms with Gasteiger partial charge in [-0.2, -0.15) is 8.42 Å². The maximum Gasteiger partial charge on any atom is 0.285 e. The highest BCUT2D eigenvalue weighted by Crippen LogP contribution is 2.27. The van der Waals surface area contributed by atoms with E-state index in [-0.39, 0.29) is 10.9 Å². The number of rotatable bonds is 4. The standard InChI is InChI=1S/C21H19N3O2S/c1-15(16-7-3-2-4-8-16)22-17-11-13-18(14-12-17)23-21-19-9-5-6-10-20(19)27(25,26)24-21/h2-15,22H,1H3,(H,23,24). The van der Waals surface area contributed by atoms with E-state index in [0.29, 0.717) is 11.4 Å². The molecule has 0 fully saturated rings. The number of nitrogens with one attached hydrogen (secondary N) is 2. The van der Waals surface area contributed by atoms with Crippen LogP contribution in [-0.4, -0.2) is 14.3 Å². The first kappa shape index (κ1) is 17.3. The lowest BCUT2D eigenvalue weighted by Crippen LogP contribution is -2.11. The summed E-state index contributed by atoms with van der Waals surface area (Å²) >= 11 is 0. The molecule has 1 unspecified atom stereocenters. The van der Waals surface area contributed by atoms with Gasteiger partial charge in [-0.05, 0) is 48.9 Å². The van der Waals surface area contributed by atoms with Crippen molar-refractivity contribution in [1.82, 2.24) is 0 Å². The van der Waals surface area contributed by atoms with Crippen LogP contribution in [0, 0.1) is 0 Å². The lowest BCUT2D eigenvalue weighted by atomic mass is 10.1. The second-order valence-corrected chi connectivity index (χ2v) is 7.96. The maximum atomic E-state index is 12.1. The van der Waals surface area contributed by atoms with E-state index in [1.165, 1.54) is 5.56 Å². The number of amidine groups is 1. The second kappa shape index (κ2) is 6.89. The summed E-state index contributed by atoms with van der Waals surface area (Å²) in [5.41, 5.74) is 3.57. The van der Waals surface area contributed by atoms with Crippen molar-refractivity contribution in [2.24, 2.45) is 4.40 Å². The molecule has 0 spiro atoms. The third-order valence-corrected chi connectivity index (χ3v) is 5.80. The Balaban J connectivity index is 1.49. The van der Waals surface area contributed by atoms with Gasteiger partial charge in [0.05, 0.1) is 0 Å². The van der Waals surface area contributed by atoms with E-state index in [0.717, 1.165) is 11.4 Å². The summed E-state index contributed by atoms with van der Waals surface area (Å²) < 4.78 is 28.1. The van der Waals surface area contributed by atoms with E-state index in [9.17, 15) is 8.42 Å². The Morgan fingerprint density at radius 1 is 0.815 bits per heavy atom. The van der Waals surface area contributed by atoms with Gasteiger partial charge in [-0.25, -0.2) is 0 Å². The van der Waals surface area contributed by atoms with Gasteiger partial charge in [0.2, 0.25) is 0 Å². The van der Waals surface area contributed by atoms with Gasteiger partial charge >= 0.3 is 0 Å². The van der Waals surface area contributed by atoms with Gasteiger partial charge in [-0.1, -0.05) is 42.5 Å². The molecular weight excluding hydrogens is 358 g/mol. The Labute approximate surface area is 158 Å². The number of nitrogens with zero attached hydrogens (tertiary/aromatic N) is 1. The molecule has 4 rings (SSSR count). The highest BCUT2D eigenvalue weighted by Gasteiger charge is 2.28. The first-order valence-corrected chi connectivity index (χ1v) is 10.1. The minimum atomic E-state index is -3.62. The van der Waals surface area contributed by atoms with Crippen LogP contribution in [0.15, 0.2) is 88.2 Å². The minimum absolute atomic E-state index is 0.182. The third-order valence-electron chi connectivity index (χ3n) is 4.46. The van der Waals surface area contributed by atoms with Crippen LogP contribution in [0.25, 0.3) is 0 Å². The van der Waals surface area contributed by atoms with Crippen LogP contribution in [0.2, 0.25) is 0 Å². The quantitative estimate of drug-likeness (QED) is 0.706. The monoisotopic (exact) mass is 377 g/mol. The fraction of sp³-hybridized carbons (Fsp3) is 0.0952. The Morgan fingerprint density at radius 3 is 2.19 bits per heavy atom. The van der Waals surface area contributed by atoms with Crippen molar-refractivity contribution in [2.45, 2.75) is 17.9 Å². The molecule has 3 aromatic rings. The van der Waals surface area contributed by atoms with Crippen molar-refractivity contribution >= 4 is 27.2 Å². The molecule has 0 radical (unpaired) electrons. The van der Waals surface area contributed by atoms with Gasteiger partial charge in [0.15, 0.2) is 5.84 Å². The topological polar surface area (TPSA) is 70.6 Å². The maximum absolute atomic E-state index is 12.1. The predicted octanol–water partition coefficient (Wildman–Crippen LogP) is 4.42. The molecule has 1 atom stereocenters. The summed E-state index contributed by atoms with van der Waals surface area (Å²) in [5.74, 6) is 0.351. The summed E-state index contributed by atoms with van der Waals surface area (Å²) in [6.07, 6.45) is 0. The van der Waals surface area contributed by atoms with E-state index in [1.54, 1.807) is 24.3 Å². The number of hydrogen-bond donors (Lipinski definition) is 2. The van der Waals surface area contributed by atoms with Gasteiger partial charge < -0.3 is 10.6 Å². The molecule has 27 heavy (non-hydrogen) atoms. The fourth-order valence-electron chi connectivity index (χ4n) is 3.06. The number of benzene rings is 3. The molecule has 1 aliphatic heterocycles. The lowest BCUT2D eigenvalue weighted by Gasteiger charge is -2.16. The van der Waals surface area contributed by atoms with E-state index in [1.807, 2.05) is 42.5 Å². The smallest absolute Gasteiger partial charge is 0.285 e. The van der Waals surface area contributed by atoms with E-state index in [4.69, 9.17) is 0 Å². The average Bonchev–Trinajstić information content (AvgIpc) is 2.94. The van der Waals surface area contributed by atoms with Crippen molar-refractivity contribution in [3.8, 4) is 0 Å². The van der Waals surface area contributed by atoms with Crippen molar-refractivity contribution in [1.29, 1.82) is 0 Å². The van der Waals surface area contributed by atoms with Gasteiger partial charge in [0.1, 0.15) is 4.90 Å². The van der Waals surface area contributed by atoms with E-state index >= 15 is 0 Å². The largest absolute Gasteiger partial charge is 0.379 e. The Morgan fingerprint density at radius 2 is 1.44 bits per heavy atom. The fourth-order valence-corrected chi connectivity index (χ4v) is 4.23. The summed E-state index contributed by atoms with van der Waals surface area (Å²) in [7, 11) is -3.62. The molecule has 3 aromatic carbocycles. The Hall–Kier alpha value is -3.12. The third kappa shape index (κ3) is 3.57. The van der Waals surface area contributed by atoms with Gasteiger partial charge in [-0.3, -0.25) is 0 Å². The van der Waals surface area contributed by atoms with Crippen molar-refractivity contribution in [2.75, 3.05) is 10.6 Å². The number of anilines is 2. The minimum Gasteiger partial charge on any atom is -0.379 e. The SMILES string of the molecule is CC(Nc1ccc(NC2=NS(=O)(=O)c3ccccc32)cc1)c1ccccc1. The number of sulfonamides is 1. The zero-order chi connectivity index (χ0) is 18.9. The zero-order valence-electron chi connectivity index (χ0n) is 14.8. The van der Waals surface area contributed by atoms with Crippen LogP contribution >= 0.6 is 0 Å². The van der Waals surface area contributed by atoms with Crippen LogP contribution in [0.1, 0.15) is 24.1 Å². The first-order valence-electron chi connectivity index (χ1n) is 8.66. The molecule has 136 valence electrons. The summed E-state index contributed by atoms with van der Waals surface area (Å²) in [6, 6.07) is 24.9. The Kier molecular flexibility index (Phi) is 4.41. The van der Waals surface area contributed by atoms with Crippen LogP contribution < -0.4 is 10.6 Å². The molecule has 0 aliphatic carbocycles.